The Kier molecular flexibility index (Phi) is 14.1. The summed E-state index contributed by atoms with van der Waals surface area (Å²) < 4.78 is 0. The Balaban J connectivity index is 1.42. The number of hydrogen-bond donors (Lipinski definition) is 0. The van der Waals surface area contributed by atoms with Crippen LogP contribution in [0.1, 0.15) is 88.9 Å². The van der Waals surface area contributed by atoms with Crippen LogP contribution in [0.5, 0.6) is 0 Å². The number of aryl methyl sites for hydroxylation is 7. The van der Waals surface area contributed by atoms with Crippen molar-refractivity contribution in [3.8, 4) is 39.0 Å². The third-order valence-corrected chi connectivity index (χ3v) is 16.7. The van der Waals surface area contributed by atoms with Gasteiger partial charge < -0.3 is 0 Å². The van der Waals surface area contributed by atoms with Crippen LogP contribution in [0.3, 0.4) is 0 Å². The minimum absolute atomic E-state index is 1.19. The molecule has 46 heavy (non-hydrogen) atoms. The predicted octanol–water partition coefficient (Wildman–Crippen LogP) is 15.1. The third kappa shape index (κ3) is 9.25. The zero-order valence-corrected chi connectivity index (χ0v) is 34.4. The van der Waals surface area contributed by atoms with Crippen molar-refractivity contribution < 1.29 is 0 Å². The quantitative estimate of drug-likeness (QED) is 0.0820. The topological polar surface area (TPSA) is 0 Å². The van der Waals surface area contributed by atoms with Crippen LogP contribution >= 0.6 is 80.2 Å². The average Bonchev–Trinajstić information content (AvgIpc) is 3.85. The highest BCUT2D eigenvalue weighted by Crippen LogP contribution is 2.49. The molecule has 0 unspecified atom stereocenters. The number of thioether (sulfide) groups is 2. The van der Waals surface area contributed by atoms with E-state index in [9.17, 15) is 0 Å². The Hall–Kier alpha value is -0.800. The van der Waals surface area contributed by atoms with E-state index in [1.165, 1.54) is 141 Å². The molecule has 0 aromatic carbocycles. The van der Waals surface area contributed by atoms with Crippen LogP contribution in [0.15, 0.2) is 30.3 Å². The minimum atomic E-state index is 1.19. The smallest absolute Gasteiger partial charge is 0.0481 e. The molecule has 5 rings (SSSR count). The van der Waals surface area contributed by atoms with E-state index in [4.69, 9.17) is 0 Å². The van der Waals surface area contributed by atoms with Crippen LogP contribution in [0.25, 0.3) is 39.0 Å². The van der Waals surface area contributed by atoms with Crippen LogP contribution in [0, 0.1) is 34.6 Å². The van der Waals surface area contributed by atoms with Crippen molar-refractivity contribution in [2.24, 2.45) is 0 Å². The van der Waals surface area contributed by atoms with Gasteiger partial charge >= 0.3 is 0 Å². The summed E-state index contributed by atoms with van der Waals surface area (Å²) in [4.78, 5) is 14.6. The number of rotatable bonds is 18. The Bertz CT molecular complexity index is 1670. The summed E-state index contributed by atoms with van der Waals surface area (Å²) >= 11 is 14.0. The van der Waals surface area contributed by atoms with Crippen LogP contribution in [-0.2, 0) is 12.8 Å². The Labute approximate surface area is 307 Å². The Morgan fingerprint density at radius 3 is 1.41 bits per heavy atom. The fraction of sp³-hybridized carbons (Fsp3) is 0.487. The molecular formula is C39H50S7. The zero-order valence-electron chi connectivity index (χ0n) is 28.7. The molecule has 5 heterocycles. The molecule has 0 radical (unpaired) electrons. The van der Waals surface area contributed by atoms with E-state index in [0.29, 0.717) is 0 Å². The fourth-order valence-electron chi connectivity index (χ4n) is 6.09. The Morgan fingerprint density at radius 2 is 0.870 bits per heavy atom. The van der Waals surface area contributed by atoms with Gasteiger partial charge in [-0.25, -0.2) is 0 Å². The number of hydrogen-bond acceptors (Lipinski definition) is 7. The first-order valence-electron chi connectivity index (χ1n) is 16.8. The summed E-state index contributed by atoms with van der Waals surface area (Å²) in [6.07, 6.45) is 17.5. The van der Waals surface area contributed by atoms with Gasteiger partial charge in [0, 0.05) is 48.8 Å². The summed E-state index contributed by atoms with van der Waals surface area (Å²) in [7, 11) is 0. The molecule has 0 N–H and O–H groups in total. The van der Waals surface area contributed by atoms with Crippen LogP contribution in [0.2, 0.25) is 0 Å². The first-order chi connectivity index (χ1) is 22.3. The van der Waals surface area contributed by atoms with Crippen LogP contribution in [-0.4, -0.2) is 24.0 Å². The lowest BCUT2D eigenvalue weighted by Crippen LogP contribution is -1.88. The van der Waals surface area contributed by atoms with Gasteiger partial charge in [-0.1, -0.05) is 25.7 Å². The highest BCUT2D eigenvalue weighted by Gasteiger charge is 2.21. The summed E-state index contributed by atoms with van der Waals surface area (Å²) in [6, 6.07) is 12.4. The Morgan fingerprint density at radius 1 is 0.435 bits per heavy atom. The first-order valence-corrected chi connectivity index (χ1v) is 23.6. The molecule has 0 aliphatic heterocycles. The van der Waals surface area contributed by atoms with Gasteiger partial charge in [-0.2, -0.15) is 23.5 Å². The second-order valence-electron chi connectivity index (χ2n) is 12.6. The number of unbranched alkanes of at least 4 members (excludes halogenated alkanes) is 6. The van der Waals surface area contributed by atoms with E-state index in [2.05, 4.69) is 88.8 Å². The van der Waals surface area contributed by atoms with Gasteiger partial charge in [0.25, 0.3) is 0 Å². The highest BCUT2D eigenvalue weighted by atomic mass is 32.2. The maximum atomic E-state index is 2.58. The first kappa shape index (κ1) is 36.5. The minimum Gasteiger partial charge on any atom is -0.165 e. The zero-order chi connectivity index (χ0) is 32.6. The molecule has 248 valence electrons. The monoisotopic (exact) mass is 742 g/mol. The normalized spacial score (nSPS) is 11.7. The van der Waals surface area contributed by atoms with Crippen LogP contribution < -0.4 is 0 Å². The lowest BCUT2D eigenvalue weighted by molar-refractivity contribution is 0.671. The van der Waals surface area contributed by atoms with Crippen molar-refractivity contribution in [1.82, 2.24) is 0 Å². The summed E-state index contributed by atoms with van der Waals surface area (Å²) in [6.45, 7) is 11.4. The standard InChI is InChI=1S/C39H50S7/c1-25-20-32(43-29(25)5)36-26(2)21-33(44-36)37-27(3)22-34(45-37)39-31(17-13-9-11-15-19-41-7)24-35(46-39)38-30(23-28(4)42-38)16-12-8-10-14-18-40-6/h20-24H,8-19H2,1-7H3. The lowest BCUT2D eigenvalue weighted by Gasteiger charge is -2.03. The molecule has 0 aliphatic rings. The third-order valence-electron chi connectivity index (χ3n) is 8.73. The maximum Gasteiger partial charge on any atom is 0.0481 e. The van der Waals surface area contributed by atoms with Crippen molar-refractivity contribution in [2.75, 3.05) is 24.0 Å². The molecule has 0 saturated heterocycles. The largest absolute Gasteiger partial charge is 0.165 e. The molecule has 0 saturated carbocycles. The molecule has 5 aromatic rings. The van der Waals surface area contributed by atoms with Gasteiger partial charge in [-0.15, -0.1) is 56.7 Å². The van der Waals surface area contributed by atoms with Gasteiger partial charge in [0.2, 0.25) is 0 Å². The molecule has 0 fully saturated rings. The number of thiophene rings is 5. The fourth-order valence-corrected chi connectivity index (χ4v) is 13.3. The summed E-state index contributed by atoms with van der Waals surface area (Å²) in [5, 5.41) is 0. The van der Waals surface area contributed by atoms with Gasteiger partial charge in [-0.05, 0) is 155 Å². The van der Waals surface area contributed by atoms with Gasteiger partial charge in [0.05, 0.1) is 0 Å². The molecular weight excluding hydrogens is 693 g/mol. The molecule has 7 heteroatoms. The molecule has 0 amide bonds. The molecule has 0 atom stereocenters. The van der Waals surface area contributed by atoms with E-state index in [1.54, 1.807) is 11.1 Å². The van der Waals surface area contributed by atoms with Crippen molar-refractivity contribution in [3.05, 3.63) is 67.9 Å². The van der Waals surface area contributed by atoms with E-state index in [0.717, 1.165) is 0 Å². The predicted molar refractivity (Wildman–Crippen MR) is 222 cm³/mol. The van der Waals surface area contributed by atoms with E-state index in [1.807, 2.05) is 68.9 Å². The molecule has 0 aliphatic carbocycles. The van der Waals surface area contributed by atoms with Gasteiger partial charge in [-0.3, -0.25) is 0 Å². The SMILES string of the molecule is CSCCCCCCc1cc(C)sc1-c1cc(CCCCCCSC)c(-c2cc(C)c(-c3cc(C)c(-c4cc(C)c(C)s4)s3)s2)s1. The van der Waals surface area contributed by atoms with Crippen molar-refractivity contribution in [1.29, 1.82) is 0 Å². The molecule has 5 aromatic heterocycles. The maximum absolute atomic E-state index is 2.58. The van der Waals surface area contributed by atoms with Crippen molar-refractivity contribution in [3.63, 3.8) is 0 Å². The average molecular weight is 743 g/mol. The molecule has 0 nitrogen and oxygen atoms in total. The van der Waals surface area contributed by atoms with Crippen molar-refractivity contribution >= 4 is 80.2 Å². The molecule has 0 spiro atoms. The van der Waals surface area contributed by atoms with E-state index < -0.39 is 0 Å². The second-order valence-corrected chi connectivity index (χ2v) is 20.2. The summed E-state index contributed by atoms with van der Waals surface area (Å²) in [5.74, 6) is 2.59. The van der Waals surface area contributed by atoms with Crippen molar-refractivity contribution in [2.45, 2.75) is 98.8 Å². The van der Waals surface area contributed by atoms with Gasteiger partial charge in [0.1, 0.15) is 0 Å². The molecule has 0 bridgehead atoms. The summed E-state index contributed by atoms with van der Waals surface area (Å²) in [5.41, 5.74) is 7.37. The second kappa shape index (κ2) is 17.7. The van der Waals surface area contributed by atoms with Gasteiger partial charge in [0.15, 0.2) is 0 Å². The lowest BCUT2D eigenvalue weighted by atomic mass is 10.0. The van der Waals surface area contributed by atoms with E-state index >= 15 is 0 Å². The van der Waals surface area contributed by atoms with Crippen LogP contribution in [0.4, 0.5) is 0 Å². The highest BCUT2D eigenvalue weighted by molar-refractivity contribution is 7.98. The van der Waals surface area contributed by atoms with E-state index in [-0.39, 0.29) is 0 Å².